The molecule has 2 atom stereocenters. The summed E-state index contributed by atoms with van der Waals surface area (Å²) in [6.45, 7) is 0.171. The largest absolute Gasteiger partial charge is 0.326 e. The molecule has 2 aromatic rings. The van der Waals surface area contributed by atoms with Crippen LogP contribution in [-0.2, 0) is 14.4 Å². The fourth-order valence-electron chi connectivity index (χ4n) is 4.16. The van der Waals surface area contributed by atoms with E-state index >= 15 is 0 Å². The van der Waals surface area contributed by atoms with Gasteiger partial charge in [0.05, 0.1) is 11.8 Å². The predicted octanol–water partition coefficient (Wildman–Crippen LogP) is 3.34. The maximum absolute atomic E-state index is 12.4. The van der Waals surface area contributed by atoms with Gasteiger partial charge in [-0.2, -0.15) is 0 Å². The number of carbonyl (C=O) groups excluding carboxylic acids is 3. The Morgan fingerprint density at radius 1 is 0.962 bits per heavy atom. The molecule has 2 aliphatic rings. The highest BCUT2D eigenvalue weighted by Gasteiger charge is 2.47. The van der Waals surface area contributed by atoms with Crippen LogP contribution < -0.4 is 5.32 Å². The van der Waals surface area contributed by atoms with Crippen LogP contribution in [0.25, 0.3) is 10.8 Å². The highest BCUT2D eigenvalue weighted by molar-refractivity contribution is 6.05. The molecule has 26 heavy (non-hydrogen) atoms. The van der Waals surface area contributed by atoms with Crippen LogP contribution in [0.2, 0.25) is 0 Å². The van der Waals surface area contributed by atoms with Crippen LogP contribution >= 0.6 is 0 Å². The van der Waals surface area contributed by atoms with E-state index in [1.54, 1.807) is 0 Å². The van der Waals surface area contributed by atoms with E-state index < -0.39 is 0 Å². The lowest BCUT2D eigenvalue weighted by molar-refractivity contribution is -0.140. The van der Waals surface area contributed by atoms with E-state index in [-0.39, 0.29) is 42.5 Å². The number of benzene rings is 2. The summed E-state index contributed by atoms with van der Waals surface area (Å²) in [6, 6.07) is 13.7. The highest BCUT2D eigenvalue weighted by Crippen LogP contribution is 2.38. The quantitative estimate of drug-likeness (QED) is 0.860. The molecule has 0 unspecified atom stereocenters. The molecule has 1 saturated carbocycles. The Kier molecular flexibility index (Phi) is 4.45. The van der Waals surface area contributed by atoms with Gasteiger partial charge in [-0.15, -0.1) is 0 Å². The second kappa shape index (κ2) is 6.90. The van der Waals surface area contributed by atoms with Gasteiger partial charge in [-0.3, -0.25) is 19.3 Å². The third kappa shape index (κ3) is 3.09. The van der Waals surface area contributed by atoms with E-state index in [0.717, 1.165) is 42.1 Å². The molecule has 1 N–H and O–H groups in total. The number of hydrogen-bond acceptors (Lipinski definition) is 3. The minimum atomic E-state index is -0.184. The number of rotatable bonds is 4. The van der Waals surface area contributed by atoms with Gasteiger partial charge in [0.25, 0.3) is 0 Å². The lowest BCUT2D eigenvalue weighted by atomic mass is 9.81. The van der Waals surface area contributed by atoms with Crippen molar-refractivity contribution < 1.29 is 14.4 Å². The number of amides is 3. The van der Waals surface area contributed by atoms with Gasteiger partial charge >= 0.3 is 0 Å². The van der Waals surface area contributed by atoms with Crippen molar-refractivity contribution >= 4 is 34.2 Å². The number of imide groups is 1. The number of nitrogens with one attached hydrogen (secondary N) is 1. The molecule has 1 aliphatic carbocycles. The fraction of sp³-hybridized carbons (Fsp3) is 0.381. The smallest absolute Gasteiger partial charge is 0.233 e. The highest BCUT2D eigenvalue weighted by atomic mass is 16.2. The topological polar surface area (TPSA) is 66.5 Å². The van der Waals surface area contributed by atoms with Crippen LogP contribution in [0.5, 0.6) is 0 Å². The maximum atomic E-state index is 12.4. The van der Waals surface area contributed by atoms with E-state index in [2.05, 4.69) is 5.32 Å². The summed E-state index contributed by atoms with van der Waals surface area (Å²) in [5.41, 5.74) is 0.724. The van der Waals surface area contributed by atoms with Crippen molar-refractivity contribution in [1.82, 2.24) is 4.90 Å². The summed E-state index contributed by atoms with van der Waals surface area (Å²) in [5, 5.41) is 5.03. The summed E-state index contributed by atoms with van der Waals surface area (Å²) in [7, 11) is 0. The number of fused-ring (bicyclic) bond motifs is 2. The van der Waals surface area contributed by atoms with Gasteiger partial charge < -0.3 is 5.32 Å². The van der Waals surface area contributed by atoms with E-state index in [4.69, 9.17) is 0 Å². The predicted molar refractivity (Wildman–Crippen MR) is 99.4 cm³/mol. The summed E-state index contributed by atoms with van der Waals surface area (Å²) >= 11 is 0. The second-order valence-corrected chi connectivity index (χ2v) is 7.19. The Labute approximate surface area is 152 Å². The average Bonchev–Trinajstić information content (AvgIpc) is 2.91. The fourth-order valence-corrected chi connectivity index (χ4v) is 4.16. The summed E-state index contributed by atoms with van der Waals surface area (Å²) in [4.78, 5) is 38.5. The Hall–Kier alpha value is -2.69. The van der Waals surface area contributed by atoms with Crippen LogP contribution in [0, 0.1) is 11.8 Å². The van der Waals surface area contributed by atoms with Gasteiger partial charge in [-0.05, 0) is 35.7 Å². The normalized spacial score (nSPS) is 22.5. The molecule has 0 aromatic heterocycles. The zero-order valence-electron chi connectivity index (χ0n) is 14.6. The summed E-state index contributed by atoms with van der Waals surface area (Å²) < 4.78 is 0. The minimum absolute atomic E-state index is 0.0850. The number of anilines is 1. The van der Waals surface area contributed by atoms with Crippen LogP contribution in [0.4, 0.5) is 5.69 Å². The SMILES string of the molecule is O=C(CCN1C(=O)[C@@H]2CCCC[C@H]2C1=O)Nc1ccc2ccccc2c1. The van der Waals surface area contributed by atoms with Crippen LogP contribution in [0.1, 0.15) is 32.1 Å². The first kappa shape index (κ1) is 16.8. The third-order valence-corrected chi connectivity index (χ3v) is 5.53. The van der Waals surface area contributed by atoms with Gasteiger partial charge in [0.2, 0.25) is 17.7 Å². The van der Waals surface area contributed by atoms with E-state index in [9.17, 15) is 14.4 Å². The molecule has 3 amide bonds. The second-order valence-electron chi connectivity index (χ2n) is 7.19. The minimum Gasteiger partial charge on any atom is -0.326 e. The Balaban J connectivity index is 1.37. The summed E-state index contributed by atoms with van der Waals surface area (Å²) in [5.74, 6) is -0.660. The van der Waals surface area contributed by atoms with Crippen molar-refractivity contribution in [2.24, 2.45) is 11.8 Å². The van der Waals surface area contributed by atoms with Crippen molar-refractivity contribution in [1.29, 1.82) is 0 Å². The number of carbonyl (C=O) groups is 3. The first-order valence-electron chi connectivity index (χ1n) is 9.27. The molecular formula is C21H22N2O3. The van der Waals surface area contributed by atoms with Gasteiger partial charge in [-0.1, -0.05) is 43.2 Å². The van der Waals surface area contributed by atoms with Gasteiger partial charge in [-0.25, -0.2) is 0 Å². The molecule has 0 radical (unpaired) electrons. The molecule has 5 heteroatoms. The Morgan fingerprint density at radius 2 is 1.62 bits per heavy atom. The standard InChI is InChI=1S/C21H22N2O3/c24-19(22-16-10-9-14-5-1-2-6-15(14)13-16)11-12-23-20(25)17-7-3-4-8-18(17)21(23)26/h1-2,5-6,9-10,13,17-18H,3-4,7-8,11-12H2,(H,22,24)/t17-,18-/m1/s1. The zero-order chi connectivity index (χ0) is 18.1. The average molecular weight is 350 g/mol. The van der Waals surface area contributed by atoms with Crippen molar-refractivity contribution in [2.45, 2.75) is 32.1 Å². The molecule has 1 heterocycles. The molecule has 2 fully saturated rings. The van der Waals surface area contributed by atoms with Crippen LogP contribution in [-0.4, -0.2) is 29.2 Å². The first-order chi connectivity index (χ1) is 12.6. The number of hydrogen-bond donors (Lipinski definition) is 1. The molecule has 0 bridgehead atoms. The van der Waals surface area contributed by atoms with Crippen LogP contribution in [0.3, 0.4) is 0 Å². The molecular weight excluding hydrogens is 328 g/mol. The molecule has 0 spiro atoms. The molecule has 134 valence electrons. The van der Waals surface area contributed by atoms with Crippen molar-refractivity contribution in [3.63, 3.8) is 0 Å². The van der Waals surface area contributed by atoms with Gasteiger partial charge in [0.1, 0.15) is 0 Å². The monoisotopic (exact) mass is 350 g/mol. The zero-order valence-corrected chi connectivity index (χ0v) is 14.6. The van der Waals surface area contributed by atoms with Crippen molar-refractivity contribution in [2.75, 3.05) is 11.9 Å². The molecule has 4 rings (SSSR count). The van der Waals surface area contributed by atoms with E-state index in [0.29, 0.717) is 0 Å². The van der Waals surface area contributed by atoms with E-state index in [1.807, 2.05) is 42.5 Å². The Bertz CT molecular complexity index is 852. The molecule has 2 aromatic carbocycles. The van der Waals surface area contributed by atoms with E-state index in [1.165, 1.54) is 4.90 Å². The lowest BCUT2D eigenvalue weighted by Crippen LogP contribution is -2.34. The lowest BCUT2D eigenvalue weighted by Gasteiger charge is -2.19. The van der Waals surface area contributed by atoms with Crippen molar-refractivity contribution in [3.05, 3.63) is 42.5 Å². The van der Waals surface area contributed by atoms with Crippen molar-refractivity contribution in [3.8, 4) is 0 Å². The number of likely N-dealkylation sites (tertiary alicyclic amines) is 1. The Morgan fingerprint density at radius 3 is 2.31 bits per heavy atom. The maximum Gasteiger partial charge on any atom is 0.233 e. The van der Waals surface area contributed by atoms with Gasteiger partial charge in [0.15, 0.2) is 0 Å². The third-order valence-electron chi connectivity index (χ3n) is 5.53. The summed E-state index contributed by atoms with van der Waals surface area (Å²) in [6.07, 6.45) is 3.75. The molecule has 5 nitrogen and oxygen atoms in total. The number of nitrogens with zero attached hydrogens (tertiary/aromatic N) is 1. The molecule has 1 saturated heterocycles. The van der Waals surface area contributed by atoms with Gasteiger partial charge in [0, 0.05) is 18.7 Å². The first-order valence-corrected chi connectivity index (χ1v) is 9.27. The van der Waals surface area contributed by atoms with Crippen LogP contribution in [0.15, 0.2) is 42.5 Å². The molecule has 1 aliphatic heterocycles.